The first-order valence-electron chi connectivity index (χ1n) is 9.92. The highest BCUT2D eigenvalue weighted by atomic mass is 16.5. The summed E-state index contributed by atoms with van der Waals surface area (Å²) in [5.74, 6) is 1.02. The number of rotatable bonds is 5. The normalized spacial score (nSPS) is 21.3. The highest BCUT2D eigenvalue weighted by Gasteiger charge is 2.26. The van der Waals surface area contributed by atoms with Gasteiger partial charge >= 0.3 is 0 Å². The molecule has 2 aromatic carbocycles. The van der Waals surface area contributed by atoms with Crippen molar-refractivity contribution >= 4 is 0 Å². The first kappa shape index (κ1) is 17.3. The Bertz CT molecular complexity index is 928. The van der Waals surface area contributed by atoms with Crippen molar-refractivity contribution in [2.24, 2.45) is 0 Å². The maximum absolute atomic E-state index is 5.94. The van der Waals surface area contributed by atoms with Crippen molar-refractivity contribution in [2.75, 3.05) is 13.2 Å². The van der Waals surface area contributed by atoms with Crippen molar-refractivity contribution in [2.45, 2.75) is 37.9 Å². The monoisotopic (exact) mass is 376 g/mol. The molecule has 0 unspecified atom stereocenters. The van der Waals surface area contributed by atoms with E-state index in [1.807, 2.05) is 0 Å². The Balaban J connectivity index is 1.38. The summed E-state index contributed by atoms with van der Waals surface area (Å²) in [4.78, 5) is 0. The zero-order valence-electron chi connectivity index (χ0n) is 15.7. The van der Waals surface area contributed by atoms with Crippen LogP contribution in [-0.4, -0.2) is 39.4 Å². The molecule has 0 radical (unpaired) electrons. The lowest BCUT2D eigenvalue weighted by atomic mass is 9.92. The minimum Gasteiger partial charge on any atom is -0.493 e. The van der Waals surface area contributed by atoms with Crippen LogP contribution in [0.3, 0.4) is 0 Å². The molecule has 0 amide bonds. The Hall–Kier alpha value is -2.77. The number of tetrazole rings is 1. The first-order valence-corrected chi connectivity index (χ1v) is 9.92. The van der Waals surface area contributed by atoms with Gasteiger partial charge in [-0.25, -0.2) is 4.68 Å². The predicted octanol–water partition coefficient (Wildman–Crippen LogP) is 2.18. The van der Waals surface area contributed by atoms with Crippen LogP contribution in [-0.2, 0) is 13.0 Å². The Kier molecular flexibility index (Phi) is 4.76. The van der Waals surface area contributed by atoms with Gasteiger partial charge in [-0.1, -0.05) is 30.3 Å². The van der Waals surface area contributed by atoms with Gasteiger partial charge in [0.1, 0.15) is 12.1 Å². The molecule has 3 aromatic rings. The Morgan fingerprint density at radius 1 is 1.21 bits per heavy atom. The third-order valence-corrected chi connectivity index (χ3v) is 5.63. The molecule has 1 fully saturated rings. The van der Waals surface area contributed by atoms with E-state index >= 15 is 0 Å². The Labute approximate surface area is 164 Å². The van der Waals surface area contributed by atoms with Gasteiger partial charge in [0.05, 0.1) is 12.3 Å². The van der Waals surface area contributed by atoms with E-state index in [9.17, 15) is 0 Å². The van der Waals surface area contributed by atoms with Gasteiger partial charge in [-0.3, -0.25) is 0 Å². The summed E-state index contributed by atoms with van der Waals surface area (Å²) in [7, 11) is 0. The van der Waals surface area contributed by atoms with E-state index in [0.29, 0.717) is 12.1 Å². The van der Waals surface area contributed by atoms with Crippen LogP contribution < -0.4 is 15.4 Å². The molecule has 2 N–H and O–H groups in total. The summed E-state index contributed by atoms with van der Waals surface area (Å²) < 4.78 is 7.64. The zero-order chi connectivity index (χ0) is 18.8. The molecule has 2 aliphatic heterocycles. The van der Waals surface area contributed by atoms with Gasteiger partial charge in [0, 0.05) is 30.6 Å². The fourth-order valence-electron chi connectivity index (χ4n) is 4.27. The molecule has 0 bridgehead atoms. The van der Waals surface area contributed by atoms with Crippen LogP contribution in [0.1, 0.15) is 35.6 Å². The molecule has 2 atom stereocenters. The maximum Gasteiger partial charge on any atom is 0.143 e. The second kappa shape index (κ2) is 7.69. The molecule has 3 heterocycles. The molecule has 0 spiro atoms. The van der Waals surface area contributed by atoms with Gasteiger partial charge in [-0.15, -0.1) is 5.10 Å². The molecule has 7 nitrogen and oxygen atoms in total. The molecule has 0 aliphatic carbocycles. The quantitative estimate of drug-likeness (QED) is 0.711. The molecular formula is C21H24N6O. The SMILES string of the molecule is c1ccc([C@@H]2NCCC[C@@H]2NCc2cc(-n3cnnn3)cc3c2OCC3)cc1. The Morgan fingerprint density at radius 3 is 3.00 bits per heavy atom. The molecule has 1 aromatic heterocycles. The van der Waals surface area contributed by atoms with E-state index < -0.39 is 0 Å². The van der Waals surface area contributed by atoms with Crippen molar-refractivity contribution in [3.8, 4) is 11.4 Å². The van der Waals surface area contributed by atoms with Crippen LogP contribution in [0.4, 0.5) is 0 Å². The van der Waals surface area contributed by atoms with E-state index in [-0.39, 0.29) is 0 Å². The number of aromatic nitrogens is 4. The van der Waals surface area contributed by atoms with Crippen LogP contribution in [0.15, 0.2) is 48.8 Å². The second-order valence-electron chi connectivity index (χ2n) is 7.42. The van der Waals surface area contributed by atoms with E-state index in [1.54, 1.807) is 11.0 Å². The standard InChI is InChI=1S/C21H24N6O/c1-2-5-15(6-3-1)20-19(7-4-9-22-20)23-13-17-12-18(27-14-24-25-26-27)11-16-8-10-28-21(16)17/h1-3,5-6,11-12,14,19-20,22-23H,4,7-10,13H2/t19-,20-/m0/s1. The third-order valence-electron chi connectivity index (χ3n) is 5.63. The molecule has 0 saturated carbocycles. The lowest BCUT2D eigenvalue weighted by Crippen LogP contribution is -2.45. The van der Waals surface area contributed by atoms with Gasteiger partial charge in [0.15, 0.2) is 0 Å². The van der Waals surface area contributed by atoms with Crippen LogP contribution in [0, 0.1) is 0 Å². The van der Waals surface area contributed by atoms with Gasteiger partial charge in [0.25, 0.3) is 0 Å². The fourth-order valence-corrected chi connectivity index (χ4v) is 4.27. The largest absolute Gasteiger partial charge is 0.493 e. The topological polar surface area (TPSA) is 76.9 Å². The summed E-state index contributed by atoms with van der Waals surface area (Å²) in [6.45, 7) is 2.55. The maximum atomic E-state index is 5.94. The number of nitrogens with zero attached hydrogens (tertiary/aromatic N) is 4. The average molecular weight is 376 g/mol. The summed E-state index contributed by atoms with van der Waals surface area (Å²) in [5, 5.41) is 19.0. The second-order valence-corrected chi connectivity index (χ2v) is 7.42. The zero-order valence-corrected chi connectivity index (χ0v) is 15.7. The lowest BCUT2D eigenvalue weighted by molar-refractivity contribution is 0.301. The summed E-state index contributed by atoms with van der Waals surface area (Å²) in [6, 6.07) is 15.7. The predicted molar refractivity (Wildman–Crippen MR) is 105 cm³/mol. The third kappa shape index (κ3) is 3.39. The summed E-state index contributed by atoms with van der Waals surface area (Å²) >= 11 is 0. The number of fused-ring (bicyclic) bond motifs is 1. The molecule has 28 heavy (non-hydrogen) atoms. The van der Waals surface area contributed by atoms with Crippen molar-refractivity contribution in [3.05, 3.63) is 65.5 Å². The highest BCUT2D eigenvalue weighted by Crippen LogP contribution is 2.33. The van der Waals surface area contributed by atoms with E-state index in [2.05, 4.69) is 68.6 Å². The smallest absolute Gasteiger partial charge is 0.143 e. The van der Waals surface area contributed by atoms with Crippen molar-refractivity contribution in [1.29, 1.82) is 0 Å². The van der Waals surface area contributed by atoms with Crippen LogP contribution in [0.25, 0.3) is 5.69 Å². The average Bonchev–Trinajstić information content (AvgIpc) is 3.44. The van der Waals surface area contributed by atoms with Crippen molar-refractivity contribution < 1.29 is 4.74 Å². The van der Waals surface area contributed by atoms with Crippen LogP contribution in [0.5, 0.6) is 5.75 Å². The molecule has 144 valence electrons. The van der Waals surface area contributed by atoms with Gasteiger partial charge < -0.3 is 15.4 Å². The van der Waals surface area contributed by atoms with Gasteiger partial charge in [-0.05, 0) is 53.1 Å². The molecular weight excluding hydrogens is 352 g/mol. The van der Waals surface area contributed by atoms with Crippen molar-refractivity contribution in [1.82, 2.24) is 30.8 Å². The van der Waals surface area contributed by atoms with E-state index in [0.717, 1.165) is 49.5 Å². The summed E-state index contributed by atoms with van der Waals surface area (Å²) in [5.41, 5.74) is 4.71. The van der Waals surface area contributed by atoms with E-state index in [1.165, 1.54) is 17.5 Å². The highest BCUT2D eigenvalue weighted by molar-refractivity contribution is 5.51. The van der Waals surface area contributed by atoms with Crippen LogP contribution in [0.2, 0.25) is 0 Å². The first-order chi connectivity index (χ1) is 13.9. The lowest BCUT2D eigenvalue weighted by Gasteiger charge is -2.34. The number of piperidine rings is 1. The number of hydrogen-bond acceptors (Lipinski definition) is 6. The molecule has 5 rings (SSSR count). The number of nitrogens with one attached hydrogen (secondary N) is 2. The minimum absolute atomic E-state index is 0.326. The fraction of sp³-hybridized carbons (Fsp3) is 0.381. The summed E-state index contributed by atoms with van der Waals surface area (Å²) in [6.07, 6.45) is 4.89. The molecule has 2 aliphatic rings. The Morgan fingerprint density at radius 2 is 2.14 bits per heavy atom. The number of benzene rings is 2. The van der Waals surface area contributed by atoms with Gasteiger partial charge in [-0.2, -0.15) is 0 Å². The molecule has 1 saturated heterocycles. The van der Waals surface area contributed by atoms with Crippen molar-refractivity contribution in [3.63, 3.8) is 0 Å². The van der Waals surface area contributed by atoms with Crippen LogP contribution >= 0.6 is 0 Å². The minimum atomic E-state index is 0.326. The van der Waals surface area contributed by atoms with E-state index in [4.69, 9.17) is 4.74 Å². The number of ether oxygens (including phenoxy) is 1. The number of hydrogen-bond donors (Lipinski definition) is 2. The van der Waals surface area contributed by atoms with Gasteiger partial charge in [0.2, 0.25) is 0 Å². The molecule has 7 heteroatoms.